The second kappa shape index (κ2) is 7.14. The van der Waals surface area contributed by atoms with Gasteiger partial charge in [-0.15, -0.1) is 10.2 Å². The maximum Gasteiger partial charge on any atom is 0.236 e. The summed E-state index contributed by atoms with van der Waals surface area (Å²) in [6.07, 6.45) is 0. The molecule has 1 N–H and O–H groups in total. The summed E-state index contributed by atoms with van der Waals surface area (Å²) in [6.45, 7) is 0.748. The van der Waals surface area contributed by atoms with Crippen LogP contribution in [0.2, 0.25) is 0 Å². The topological polar surface area (TPSA) is 72.2 Å². The van der Waals surface area contributed by atoms with E-state index >= 15 is 0 Å². The van der Waals surface area contributed by atoms with E-state index in [9.17, 15) is 9.18 Å². The summed E-state index contributed by atoms with van der Waals surface area (Å²) in [6, 6.07) is 6.06. The highest BCUT2D eigenvalue weighted by atomic mass is 32.2. The Morgan fingerprint density at radius 3 is 2.87 bits per heavy atom. The molecule has 9 heteroatoms. The Kier molecular flexibility index (Phi) is 4.97. The van der Waals surface area contributed by atoms with Crippen molar-refractivity contribution in [2.24, 2.45) is 12.0 Å². The van der Waals surface area contributed by atoms with E-state index in [-0.39, 0.29) is 17.5 Å². The van der Waals surface area contributed by atoms with E-state index in [0.717, 1.165) is 17.9 Å². The van der Waals surface area contributed by atoms with Crippen LogP contribution in [0.15, 0.2) is 34.4 Å². The summed E-state index contributed by atoms with van der Waals surface area (Å²) in [4.78, 5) is 16.0. The highest BCUT2D eigenvalue weighted by molar-refractivity contribution is 8.14. The zero-order chi connectivity index (χ0) is 16.2. The SMILES string of the molecule is Cn1c(SCC(=O)NC2=NCCS2)nnc1-c1ccc(F)cc1. The third-order valence-corrected chi connectivity index (χ3v) is 5.01. The molecule has 0 saturated carbocycles. The van der Waals surface area contributed by atoms with Crippen molar-refractivity contribution < 1.29 is 9.18 Å². The molecule has 120 valence electrons. The van der Waals surface area contributed by atoms with Gasteiger partial charge in [0.15, 0.2) is 16.1 Å². The number of aliphatic imine (C=N–C) groups is 1. The number of nitrogens with zero attached hydrogens (tertiary/aromatic N) is 4. The van der Waals surface area contributed by atoms with E-state index in [0.29, 0.717) is 16.1 Å². The first kappa shape index (κ1) is 16.0. The molecule has 0 bridgehead atoms. The number of hydrogen-bond acceptors (Lipinski definition) is 6. The van der Waals surface area contributed by atoms with Gasteiger partial charge in [-0.3, -0.25) is 9.79 Å². The summed E-state index contributed by atoms with van der Waals surface area (Å²) in [5, 5.41) is 12.3. The Morgan fingerprint density at radius 2 is 2.17 bits per heavy atom. The number of aromatic nitrogens is 3. The number of thioether (sulfide) groups is 2. The molecule has 1 aliphatic rings. The normalized spacial score (nSPS) is 13.9. The van der Waals surface area contributed by atoms with Gasteiger partial charge >= 0.3 is 0 Å². The summed E-state index contributed by atoms with van der Waals surface area (Å²) < 4.78 is 14.8. The molecule has 23 heavy (non-hydrogen) atoms. The number of carbonyl (C=O) groups excluding carboxylic acids is 1. The molecule has 1 aromatic carbocycles. The van der Waals surface area contributed by atoms with E-state index in [1.54, 1.807) is 28.5 Å². The molecular weight excluding hydrogens is 337 g/mol. The van der Waals surface area contributed by atoms with E-state index in [1.807, 2.05) is 7.05 Å². The molecule has 0 spiro atoms. The van der Waals surface area contributed by atoms with E-state index in [4.69, 9.17) is 0 Å². The lowest BCUT2D eigenvalue weighted by Crippen LogP contribution is -2.29. The maximum absolute atomic E-state index is 13.0. The highest BCUT2D eigenvalue weighted by Crippen LogP contribution is 2.22. The van der Waals surface area contributed by atoms with Crippen LogP contribution in [0.5, 0.6) is 0 Å². The Bertz CT molecular complexity index is 744. The third kappa shape index (κ3) is 3.91. The van der Waals surface area contributed by atoms with Crippen molar-refractivity contribution in [1.82, 2.24) is 20.1 Å². The van der Waals surface area contributed by atoms with Gasteiger partial charge in [0, 0.05) is 18.4 Å². The zero-order valence-electron chi connectivity index (χ0n) is 12.3. The molecule has 0 radical (unpaired) electrons. The second-order valence-corrected chi connectivity index (χ2v) is 6.77. The van der Waals surface area contributed by atoms with Crippen molar-refractivity contribution in [3.8, 4) is 11.4 Å². The van der Waals surface area contributed by atoms with Crippen LogP contribution in [-0.4, -0.2) is 43.9 Å². The fourth-order valence-corrected chi connectivity index (χ4v) is 3.44. The van der Waals surface area contributed by atoms with Crippen LogP contribution in [0.25, 0.3) is 11.4 Å². The first-order valence-corrected chi connectivity index (χ1v) is 8.86. The molecule has 2 aromatic rings. The van der Waals surface area contributed by atoms with Crippen LogP contribution in [0.4, 0.5) is 4.39 Å². The molecule has 1 aliphatic heterocycles. The first-order valence-electron chi connectivity index (χ1n) is 6.89. The summed E-state index contributed by atoms with van der Waals surface area (Å²) in [5.74, 6) is 1.36. The monoisotopic (exact) mass is 351 g/mol. The summed E-state index contributed by atoms with van der Waals surface area (Å²) in [5.41, 5.74) is 0.773. The van der Waals surface area contributed by atoms with Crippen molar-refractivity contribution in [3.05, 3.63) is 30.1 Å². The molecule has 1 amide bonds. The molecule has 0 fully saturated rings. The van der Waals surface area contributed by atoms with Gasteiger partial charge < -0.3 is 9.88 Å². The van der Waals surface area contributed by atoms with Crippen LogP contribution in [0, 0.1) is 5.82 Å². The predicted molar refractivity (Wildman–Crippen MR) is 90.0 cm³/mol. The van der Waals surface area contributed by atoms with Gasteiger partial charge in [-0.25, -0.2) is 4.39 Å². The average Bonchev–Trinajstić information content (AvgIpc) is 3.16. The fraction of sp³-hybridized carbons (Fsp3) is 0.286. The van der Waals surface area contributed by atoms with E-state index in [1.165, 1.54) is 23.9 Å². The molecule has 0 saturated heterocycles. The van der Waals surface area contributed by atoms with Gasteiger partial charge in [0.25, 0.3) is 0 Å². The molecule has 2 heterocycles. The largest absolute Gasteiger partial charge is 0.305 e. The summed E-state index contributed by atoms with van der Waals surface area (Å²) in [7, 11) is 1.82. The van der Waals surface area contributed by atoms with Crippen LogP contribution < -0.4 is 5.32 Å². The molecule has 0 aliphatic carbocycles. The molecule has 6 nitrogen and oxygen atoms in total. The lowest BCUT2D eigenvalue weighted by molar-refractivity contribution is -0.117. The van der Waals surface area contributed by atoms with Gasteiger partial charge in [-0.1, -0.05) is 23.5 Å². The van der Waals surface area contributed by atoms with Crippen LogP contribution >= 0.6 is 23.5 Å². The minimum atomic E-state index is -0.296. The minimum absolute atomic E-state index is 0.116. The molecule has 3 rings (SSSR count). The number of halogens is 1. The highest BCUT2D eigenvalue weighted by Gasteiger charge is 2.15. The number of benzene rings is 1. The van der Waals surface area contributed by atoms with Gasteiger partial charge in [-0.05, 0) is 24.3 Å². The standard InChI is InChI=1S/C14H14FN5OS2/c1-20-12(9-2-4-10(15)5-3-9)18-19-14(20)23-8-11(21)17-13-16-6-7-22-13/h2-5H,6-8H2,1H3,(H,16,17,21). The predicted octanol–water partition coefficient (Wildman–Crippen LogP) is 1.93. The average molecular weight is 351 g/mol. The minimum Gasteiger partial charge on any atom is -0.305 e. The Morgan fingerprint density at radius 1 is 1.39 bits per heavy atom. The Labute approximate surface area is 141 Å². The quantitative estimate of drug-likeness (QED) is 0.852. The van der Waals surface area contributed by atoms with Gasteiger partial charge in [-0.2, -0.15) is 0 Å². The van der Waals surface area contributed by atoms with E-state index < -0.39 is 0 Å². The molecule has 0 atom stereocenters. The number of amides is 1. The lowest BCUT2D eigenvalue weighted by Gasteiger charge is -2.05. The number of nitrogens with one attached hydrogen (secondary N) is 1. The number of carbonyl (C=O) groups is 1. The molecule has 1 aromatic heterocycles. The van der Waals surface area contributed by atoms with Crippen molar-refractivity contribution in [3.63, 3.8) is 0 Å². The van der Waals surface area contributed by atoms with Gasteiger partial charge in [0.2, 0.25) is 5.91 Å². The number of hydrogen-bond donors (Lipinski definition) is 1. The summed E-state index contributed by atoms with van der Waals surface area (Å²) >= 11 is 2.84. The van der Waals surface area contributed by atoms with Crippen molar-refractivity contribution in [1.29, 1.82) is 0 Å². The van der Waals surface area contributed by atoms with Crippen molar-refractivity contribution >= 4 is 34.6 Å². The zero-order valence-corrected chi connectivity index (χ0v) is 14.0. The van der Waals surface area contributed by atoms with Crippen LogP contribution in [-0.2, 0) is 11.8 Å². The molecular formula is C14H14FN5OS2. The first-order chi connectivity index (χ1) is 11.1. The Hall–Kier alpha value is -1.87. The number of rotatable bonds is 4. The molecule has 0 unspecified atom stereocenters. The third-order valence-electron chi connectivity index (χ3n) is 3.10. The van der Waals surface area contributed by atoms with Crippen molar-refractivity contribution in [2.75, 3.05) is 18.1 Å². The number of amidine groups is 1. The van der Waals surface area contributed by atoms with Gasteiger partial charge in [0.05, 0.1) is 12.3 Å². The Balaban J connectivity index is 1.63. The van der Waals surface area contributed by atoms with E-state index in [2.05, 4.69) is 20.5 Å². The lowest BCUT2D eigenvalue weighted by atomic mass is 10.2. The fourth-order valence-electron chi connectivity index (χ4n) is 1.99. The maximum atomic E-state index is 13.0. The second-order valence-electron chi connectivity index (χ2n) is 4.74. The van der Waals surface area contributed by atoms with Crippen LogP contribution in [0.1, 0.15) is 0 Å². The van der Waals surface area contributed by atoms with Crippen LogP contribution in [0.3, 0.4) is 0 Å². The van der Waals surface area contributed by atoms with Crippen molar-refractivity contribution in [2.45, 2.75) is 5.16 Å². The smallest absolute Gasteiger partial charge is 0.236 e. The van der Waals surface area contributed by atoms with Gasteiger partial charge in [0.1, 0.15) is 5.82 Å².